The van der Waals surface area contributed by atoms with Crippen molar-refractivity contribution in [2.24, 2.45) is 0 Å². The van der Waals surface area contributed by atoms with Crippen molar-refractivity contribution in [3.05, 3.63) is 10.7 Å². The summed E-state index contributed by atoms with van der Waals surface area (Å²) in [5.41, 5.74) is 0. The van der Waals surface area contributed by atoms with Crippen molar-refractivity contribution >= 4 is 21.9 Å². The molecule has 1 aliphatic rings. The van der Waals surface area contributed by atoms with E-state index in [-0.39, 0.29) is 4.48 Å². The molecule has 0 aromatic heterocycles. The Morgan fingerprint density at radius 3 is 2.64 bits per heavy atom. The van der Waals surface area contributed by atoms with E-state index < -0.39 is 5.97 Å². The fraction of sp³-hybridized carbons (Fsp3) is 0.571. The summed E-state index contributed by atoms with van der Waals surface area (Å²) >= 11 is 2.92. The summed E-state index contributed by atoms with van der Waals surface area (Å²) in [6.45, 7) is 0. The monoisotopic (exact) mass is 220 g/mol. The van der Waals surface area contributed by atoms with E-state index in [2.05, 4.69) is 21.2 Å². The zero-order valence-corrected chi connectivity index (χ0v) is 7.62. The molecular formula is C7H10BrFN2. The summed E-state index contributed by atoms with van der Waals surface area (Å²) in [5, 5.41) is 9.61. The van der Waals surface area contributed by atoms with Crippen LogP contribution in [0.5, 0.6) is 0 Å². The largest absolute Gasteiger partial charge is 0.387 e. The third-order valence-corrected chi connectivity index (χ3v) is 2.34. The van der Waals surface area contributed by atoms with Crippen LogP contribution in [-0.2, 0) is 0 Å². The molecule has 2 nitrogen and oxygen atoms in total. The minimum absolute atomic E-state index is 0.185. The van der Waals surface area contributed by atoms with Gasteiger partial charge in [-0.25, -0.2) is 0 Å². The predicted octanol–water partition coefficient (Wildman–Crippen LogP) is 2.31. The maximum absolute atomic E-state index is 12.1. The molecule has 1 saturated carbocycles. The maximum Gasteiger partial charge on any atom is 0.221 e. The first-order chi connectivity index (χ1) is 5.20. The van der Waals surface area contributed by atoms with E-state index in [4.69, 9.17) is 5.41 Å². The van der Waals surface area contributed by atoms with Gasteiger partial charge in [0.25, 0.3) is 0 Å². The first-order valence-electron chi connectivity index (χ1n) is 3.56. The molecule has 0 saturated heterocycles. The lowest BCUT2D eigenvalue weighted by Crippen LogP contribution is -2.31. The lowest BCUT2D eigenvalue weighted by atomic mass is 9.93. The topological polar surface area (TPSA) is 35.9 Å². The van der Waals surface area contributed by atoms with Crippen LogP contribution >= 0.6 is 15.9 Å². The van der Waals surface area contributed by atoms with Gasteiger partial charge in [-0.3, -0.25) is 5.41 Å². The fourth-order valence-electron chi connectivity index (χ4n) is 0.829. The van der Waals surface area contributed by atoms with E-state index in [9.17, 15) is 4.39 Å². The summed E-state index contributed by atoms with van der Waals surface area (Å²) in [7, 11) is 0. The average Bonchev–Trinajstić information content (AvgIpc) is 1.83. The molecule has 1 fully saturated rings. The van der Waals surface area contributed by atoms with E-state index in [1.54, 1.807) is 0 Å². The standard InChI is InChI=1S/C7H10BrFN2/c8-6(7(9)10)4-11-5-2-1-3-5/h4-5,10-11H,1-3H2/b6-4+,10-7?. The van der Waals surface area contributed by atoms with E-state index in [0.717, 1.165) is 12.8 Å². The predicted molar refractivity (Wildman–Crippen MR) is 46.6 cm³/mol. The van der Waals surface area contributed by atoms with Crippen LogP contribution < -0.4 is 5.32 Å². The van der Waals surface area contributed by atoms with Gasteiger partial charge in [0.2, 0.25) is 5.97 Å². The molecule has 0 bridgehead atoms. The van der Waals surface area contributed by atoms with Gasteiger partial charge in [-0.2, -0.15) is 4.39 Å². The van der Waals surface area contributed by atoms with Crippen LogP contribution in [0.3, 0.4) is 0 Å². The van der Waals surface area contributed by atoms with Gasteiger partial charge >= 0.3 is 0 Å². The highest BCUT2D eigenvalue weighted by Crippen LogP contribution is 2.18. The highest BCUT2D eigenvalue weighted by atomic mass is 79.9. The lowest BCUT2D eigenvalue weighted by Gasteiger charge is -2.25. The molecular weight excluding hydrogens is 211 g/mol. The molecule has 1 rings (SSSR count). The minimum atomic E-state index is -0.933. The summed E-state index contributed by atoms with van der Waals surface area (Å²) in [4.78, 5) is 0. The molecule has 2 N–H and O–H groups in total. The van der Waals surface area contributed by atoms with Gasteiger partial charge in [-0.15, -0.1) is 0 Å². The van der Waals surface area contributed by atoms with Crippen molar-refractivity contribution in [3.63, 3.8) is 0 Å². The molecule has 0 aromatic carbocycles. The summed E-state index contributed by atoms with van der Waals surface area (Å²) in [5.74, 6) is -0.933. The molecule has 0 amide bonds. The minimum Gasteiger partial charge on any atom is -0.387 e. The van der Waals surface area contributed by atoms with Gasteiger partial charge in [0.15, 0.2) is 0 Å². The van der Waals surface area contributed by atoms with Crippen molar-refractivity contribution in [1.82, 2.24) is 5.32 Å². The van der Waals surface area contributed by atoms with Crippen molar-refractivity contribution in [1.29, 1.82) is 5.41 Å². The number of hydrogen-bond acceptors (Lipinski definition) is 2. The first kappa shape index (κ1) is 8.71. The zero-order chi connectivity index (χ0) is 8.27. The van der Waals surface area contributed by atoms with Gasteiger partial charge in [-0.1, -0.05) is 0 Å². The van der Waals surface area contributed by atoms with Crippen LogP contribution in [0.1, 0.15) is 19.3 Å². The Labute approximate surface area is 73.5 Å². The Balaban J connectivity index is 2.27. The Hall–Kier alpha value is -0.380. The smallest absolute Gasteiger partial charge is 0.221 e. The number of allylic oxidation sites excluding steroid dienone is 1. The first-order valence-corrected chi connectivity index (χ1v) is 4.35. The van der Waals surface area contributed by atoms with Gasteiger partial charge in [-0.05, 0) is 35.2 Å². The Morgan fingerprint density at radius 1 is 1.64 bits per heavy atom. The molecule has 11 heavy (non-hydrogen) atoms. The SMILES string of the molecule is N=C(F)/C(Br)=C\NC1CCC1. The van der Waals surface area contributed by atoms with Gasteiger partial charge in [0, 0.05) is 12.2 Å². The number of rotatable bonds is 3. The van der Waals surface area contributed by atoms with Crippen LogP contribution in [0.25, 0.3) is 0 Å². The second kappa shape index (κ2) is 3.85. The third kappa shape index (κ3) is 2.61. The average molecular weight is 221 g/mol. The van der Waals surface area contributed by atoms with E-state index in [1.165, 1.54) is 12.6 Å². The van der Waals surface area contributed by atoms with Crippen molar-refractivity contribution in [2.45, 2.75) is 25.3 Å². The number of nitrogens with one attached hydrogen (secondary N) is 2. The second-order valence-electron chi connectivity index (χ2n) is 2.60. The molecule has 0 spiro atoms. The Morgan fingerprint density at radius 2 is 2.27 bits per heavy atom. The van der Waals surface area contributed by atoms with Crippen LogP contribution in [0, 0.1) is 5.41 Å². The van der Waals surface area contributed by atoms with Crippen molar-refractivity contribution in [3.8, 4) is 0 Å². The summed E-state index contributed by atoms with van der Waals surface area (Å²) in [6.07, 6.45) is 5.05. The molecule has 0 unspecified atom stereocenters. The molecule has 0 aromatic rings. The van der Waals surface area contributed by atoms with E-state index in [0.29, 0.717) is 6.04 Å². The van der Waals surface area contributed by atoms with E-state index in [1.807, 2.05) is 0 Å². The third-order valence-electron chi connectivity index (χ3n) is 1.76. The molecule has 0 atom stereocenters. The number of halogens is 2. The highest BCUT2D eigenvalue weighted by molar-refractivity contribution is 9.12. The number of hydrogen-bond donors (Lipinski definition) is 2. The second-order valence-corrected chi connectivity index (χ2v) is 3.46. The van der Waals surface area contributed by atoms with Crippen LogP contribution in [0.15, 0.2) is 10.7 Å². The molecule has 0 aliphatic heterocycles. The van der Waals surface area contributed by atoms with Crippen LogP contribution in [-0.4, -0.2) is 12.0 Å². The molecule has 1 aliphatic carbocycles. The molecule has 4 heteroatoms. The van der Waals surface area contributed by atoms with Crippen LogP contribution in [0.2, 0.25) is 0 Å². The molecule has 0 radical (unpaired) electrons. The Kier molecular flexibility index (Phi) is 3.05. The van der Waals surface area contributed by atoms with E-state index >= 15 is 0 Å². The van der Waals surface area contributed by atoms with Gasteiger partial charge < -0.3 is 5.32 Å². The molecule has 62 valence electrons. The maximum atomic E-state index is 12.1. The van der Waals surface area contributed by atoms with Crippen LogP contribution in [0.4, 0.5) is 4.39 Å². The molecule has 0 heterocycles. The summed E-state index contributed by atoms with van der Waals surface area (Å²) in [6, 6.07) is 0.488. The zero-order valence-electron chi connectivity index (χ0n) is 6.03. The van der Waals surface area contributed by atoms with Crippen molar-refractivity contribution in [2.75, 3.05) is 0 Å². The highest BCUT2D eigenvalue weighted by Gasteiger charge is 2.15. The van der Waals surface area contributed by atoms with Gasteiger partial charge in [0.05, 0.1) is 4.48 Å². The Bertz CT molecular complexity index is 187. The lowest BCUT2D eigenvalue weighted by molar-refractivity contribution is 0.373. The van der Waals surface area contributed by atoms with Gasteiger partial charge in [0.1, 0.15) is 0 Å². The normalized spacial score (nSPS) is 19.3. The van der Waals surface area contributed by atoms with Crippen molar-refractivity contribution < 1.29 is 4.39 Å². The fourth-order valence-corrected chi connectivity index (χ4v) is 0.961. The quantitative estimate of drug-likeness (QED) is 0.705. The summed E-state index contributed by atoms with van der Waals surface area (Å²) < 4.78 is 12.3.